The molecular formula is C13H24ClN3O2S. The molecule has 7 heteroatoms. The van der Waals surface area contributed by atoms with Crippen LogP contribution in [0.1, 0.15) is 39.1 Å². The Hall–Kier alpha value is -0.590. The minimum Gasteiger partial charge on any atom is -0.302 e. The Morgan fingerprint density at radius 2 is 1.75 bits per heavy atom. The molecule has 1 rings (SSSR count). The van der Waals surface area contributed by atoms with E-state index in [2.05, 4.69) is 23.8 Å². The van der Waals surface area contributed by atoms with Gasteiger partial charge in [0, 0.05) is 17.2 Å². The normalized spacial score (nSPS) is 12.3. The van der Waals surface area contributed by atoms with Crippen molar-refractivity contribution in [3.8, 4) is 0 Å². The fourth-order valence-electron chi connectivity index (χ4n) is 2.35. The second-order valence-corrected chi connectivity index (χ2v) is 7.12. The molecule has 0 saturated carbocycles. The molecule has 0 aliphatic rings. The van der Waals surface area contributed by atoms with Gasteiger partial charge in [-0.25, -0.2) is 8.42 Å². The zero-order valence-electron chi connectivity index (χ0n) is 12.7. The molecule has 0 N–H and O–H groups in total. The highest BCUT2D eigenvalue weighted by Crippen LogP contribution is 2.25. The average molecular weight is 322 g/mol. The molecule has 20 heavy (non-hydrogen) atoms. The molecule has 0 atom stereocenters. The van der Waals surface area contributed by atoms with Crippen LogP contribution in [-0.4, -0.2) is 42.7 Å². The maximum absolute atomic E-state index is 11.8. The highest BCUT2D eigenvalue weighted by atomic mass is 35.7. The number of aryl methyl sites for hydroxylation is 1. The number of hydrogen-bond acceptors (Lipinski definition) is 4. The fourth-order valence-corrected chi connectivity index (χ4v) is 3.88. The zero-order valence-corrected chi connectivity index (χ0v) is 14.3. The molecule has 0 aliphatic heterocycles. The summed E-state index contributed by atoms with van der Waals surface area (Å²) in [6.07, 6.45) is 1.17. The summed E-state index contributed by atoms with van der Waals surface area (Å²) in [5.74, 6) is 0. The van der Waals surface area contributed by atoms with Gasteiger partial charge in [-0.15, -0.1) is 0 Å². The molecule has 0 fully saturated rings. The summed E-state index contributed by atoms with van der Waals surface area (Å²) in [7, 11) is 1.82. The van der Waals surface area contributed by atoms with Crippen LogP contribution in [-0.2, 0) is 28.4 Å². The Morgan fingerprint density at radius 1 is 1.15 bits per heavy atom. The molecule has 0 aromatic carbocycles. The summed E-state index contributed by atoms with van der Waals surface area (Å²) < 4.78 is 25.3. The van der Waals surface area contributed by atoms with Crippen LogP contribution in [0.5, 0.6) is 0 Å². The first-order chi connectivity index (χ1) is 9.38. The van der Waals surface area contributed by atoms with Gasteiger partial charge in [0.15, 0.2) is 0 Å². The van der Waals surface area contributed by atoms with Crippen LogP contribution in [0.4, 0.5) is 0 Å². The average Bonchev–Trinajstić information content (AvgIpc) is 2.77. The van der Waals surface area contributed by atoms with E-state index >= 15 is 0 Å². The lowest BCUT2D eigenvalue weighted by molar-refractivity contribution is 0.283. The molecule has 0 radical (unpaired) electrons. The van der Waals surface area contributed by atoms with Gasteiger partial charge in [-0.3, -0.25) is 4.68 Å². The molecule has 1 heterocycles. The van der Waals surface area contributed by atoms with E-state index in [9.17, 15) is 8.42 Å². The van der Waals surface area contributed by atoms with Crippen molar-refractivity contribution in [1.82, 2.24) is 14.7 Å². The van der Waals surface area contributed by atoms with Crippen molar-refractivity contribution in [3.05, 3.63) is 11.4 Å². The van der Waals surface area contributed by atoms with E-state index in [1.54, 1.807) is 4.68 Å². The Bertz CT molecular complexity index is 536. The summed E-state index contributed by atoms with van der Waals surface area (Å²) in [4.78, 5) is 2.49. The summed E-state index contributed by atoms with van der Waals surface area (Å²) in [5.41, 5.74) is 1.28. The van der Waals surface area contributed by atoms with E-state index in [0.29, 0.717) is 30.8 Å². The topological polar surface area (TPSA) is 55.2 Å². The lowest BCUT2D eigenvalue weighted by atomic mass is 10.2. The zero-order chi connectivity index (χ0) is 15.3. The monoisotopic (exact) mass is 321 g/mol. The van der Waals surface area contributed by atoms with Crippen LogP contribution in [0.25, 0.3) is 0 Å². The molecule has 116 valence electrons. The van der Waals surface area contributed by atoms with Crippen LogP contribution >= 0.6 is 10.7 Å². The van der Waals surface area contributed by atoms with Gasteiger partial charge < -0.3 is 4.90 Å². The largest absolute Gasteiger partial charge is 0.302 e. The molecule has 1 aromatic rings. The smallest absolute Gasteiger partial charge is 0.264 e. The van der Waals surface area contributed by atoms with Gasteiger partial charge in [-0.2, -0.15) is 5.10 Å². The van der Waals surface area contributed by atoms with E-state index in [4.69, 9.17) is 10.7 Å². The molecule has 0 amide bonds. The lowest BCUT2D eigenvalue weighted by Gasteiger charge is -2.18. The number of rotatable bonds is 8. The Kier molecular flexibility index (Phi) is 6.48. The Balaban J connectivity index is 3.12. The molecule has 5 nitrogen and oxygen atoms in total. The molecule has 0 bridgehead atoms. The van der Waals surface area contributed by atoms with E-state index in [0.717, 1.165) is 19.6 Å². The third-order valence-electron chi connectivity index (χ3n) is 3.51. The SMILES string of the molecule is CCc1nn(CCN(CC)CC)c(CC)c1S(=O)(=O)Cl. The van der Waals surface area contributed by atoms with E-state index in [1.807, 2.05) is 13.8 Å². The quantitative estimate of drug-likeness (QED) is 0.689. The van der Waals surface area contributed by atoms with Crippen LogP contribution in [0.2, 0.25) is 0 Å². The van der Waals surface area contributed by atoms with Crippen molar-refractivity contribution in [2.24, 2.45) is 0 Å². The summed E-state index contributed by atoms with van der Waals surface area (Å²) in [6, 6.07) is 0. The summed E-state index contributed by atoms with van der Waals surface area (Å²) >= 11 is 0. The van der Waals surface area contributed by atoms with E-state index in [1.165, 1.54) is 0 Å². The summed E-state index contributed by atoms with van der Waals surface area (Å²) in [5, 5.41) is 4.43. The molecule has 0 saturated heterocycles. The van der Waals surface area contributed by atoms with Gasteiger partial charge >= 0.3 is 0 Å². The maximum atomic E-state index is 11.8. The van der Waals surface area contributed by atoms with Gasteiger partial charge in [0.2, 0.25) is 0 Å². The second-order valence-electron chi connectivity index (χ2n) is 4.62. The molecular weight excluding hydrogens is 298 g/mol. The first kappa shape index (κ1) is 17.5. The van der Waals surface area contributed by atoms with Crippen LogP contribution < -0.4 is 0 Å². The van der Waals surface area contributed by atoms with Crippen molar-refractivity contribution >= 4 is 19.7 Å². The highest BCUT2D eigenvalue weighted by molar-refractivity contribution is 8.13. The number of likely N-dealkylation sites (N-methyl/N-ethyl adjacent to an activating group) is 1. The molecule has 0 aliphatic carbocycles. The minimum atomic E-state index is -3.74. The van der Waals surface area contributed by atoms with Gasteiger partial charge in [0.05, 0.1) is 17.9 Å². The third-order valence-corrected chi connectivity index (χ3v) is 4.94. The first-order valence-corrected chi connectivity index (χ1v) is 9.45. The van der Waals surface area contributed by atoms with Gasteiger partial charge in [0.25, 0.3) is 9.05 Å². The fraction of sp³-hybridized carbons (Fsp3) is 0.769. The second kappa shape index (κ2) is 7.43. The first-order valence-electron chi connectivity index (χ1n) is 7.14. The van der Waals surface area contributed by atoms with Crippen molar-refractivity contribution in [3.63, 3.8) is 0 Å². The number of nitrogens with zero attached hydrogens (tertiary/aromatic N) is 3. The number of aromatic nitrogens is 2. The molecule has 1 aromatic heterocycles. The number of hydrogen-bond donors (Lipinski definition) is 0. The van der Waals surface area contributed by atoms with Gasteiger partial charge in [-0.1, -0.05) is 27.7 Å². The van der Waals surface area contributed by atoms with E-state index in [-0.39, 0.29) is 4.90 Å². The van der Waals surface area contributed by atoms with E-state index < -0.39 is 9.05 Å². The maximum Gasteiger partial charge on any atom is 0.264 e. The van der Waals surface area contributed by atoms with Gasteiger partial charge in [0.1, 0.15) is 4.90 Å². The van der Waals surface area contributed by atoms with Crippen molar-refractivity contribution in [2.45, 2.75) is 52.0 Å². The van der Waals surface area contributed by atoms with Crippen molar-refractivity contribution < 1.29 is 8.42 Å². The van der Waals surface area contributed by atoms with Crippen LogP contribution in [0.3, 0.4) is 0 Å². The Labute approximate surface area is 126 Å². The van der Waals surface area contributed by atoms with Gasteiger partial charge in [-0.05, 0) is 25.9 Å². The molecule has 0 spiro atoms. The Morgan fingerprint density at radius 3 is 2.15 bits per heavy atom. The lowest BCUT2D eigenvalue weighted by Crippen LogP contribution is -2.27. The van der Waals surface area contributed by atoms with Crippen molar-refractivity contribution in [1.29, 1.82) is 0 Å². The summed E-state index contributed by atoms with van der Waals surface area (Å²) in [6.45, 7) is 11.5. The standard InChI is InChI=1S/C13H24ClN3O2S/c1-5-11-13(20(14,18)19)12(6-2)17(15-11)10-9-16(7-3)8-4/h5-10H2,1-4H3. The third kappa shape index (κ3) is 3.96. The predicted molar refractivity (Wildman–Crippen MR) is 81.8 cm³/mol. The van der Waals surface area contributed by atoms with Crippen LogP contribution in [0, 0.1) is 0 Å². The highest BCUT2D eigenvalue weighted by Gasteiger charge is 2.25. The van der Waals surface area contributed by atoms with Crippen LogP contribution in [0.15, 0.2) is 4.90 Å². The minimum absolute atomic E-state index is 0.212. The van der Waals surface area contributed by atoms with Crippen molar-refractivity contribution in [2.75, 3.05) is 19.6 Å². The molecule has 0 unspecified atom stereocenters. The number of halogens is 1. The predicted octanol–water partition coefficient (Wildman–Crippen LogP) is 2.28.